The van der Waals surface area contributed by atoms with Gasteiger partial charge in [-0.2, -0.15) is 0 Å². The van der Waals surface area contributed by atoms with Gasteiger partial charge in [0.05, 0.1) is 18.7 Å². The molecule has 5 heteroatoms. The van der Waals surface area contributed by atoms with Crippen LogP contribution in [0.4, 0.5) is 4.79 Å². The van der Waals surface area contributed by atoms with Gasteiger partial charge in [0.2, 0.25) is 0 Å². The fourth-order valence-corrected chi connectivity index (χ4v) is 2.89. The normalized spacial score (nSPS) is 21.2. The van der Waals surface area contributed by atoms with Gasteiger partial charge in [-0.1, -0.05) is 12.1 Å². The largest absolute Gasteiger partial charge is 0.465 e. The Bertz CT molecular complexity index is 574. The van der Waals surface area contributed by atoms with Gasteiger partial charge >= 0.3 is 12.1 Å². The zero-order valence-electron chi connectivity index (χ0n) is 14.5. The molecule has 1 aromatic carbocycles. The van der Waals surface area contributed by atoms with Crippen LogP contribution in [0.25, 0.3) is 0 Å². The molecule has 126 valence electrons. The van der Waals surface area contributed by atoms with E-state index in [9.17, 15) is 9.59 Å². The van der Waals surface area contributed by atoms with Crippen molar-refractivity contribution in [1.29, 1.82) is 0 Å². The van der Waals surface area contributed by atoms with E-state index in [0.29, 0.717) is 5.56 Å². The van der Waals surface area contributed by atoms with Gasteiger partial charge in [-0.25, -0.2) is 9.59 Å². The van der Waals surface area contributed by atoms with Crippen LogP contribution in [0.2, 0.25) is 0 Å². The summed E-state index contributed by atoms with van der Waals surface area (Å²) in [4.78, 5) is 25.8. The fraction of sp³-hybridized carbons (Fsp3) is 0.556. The van der Waals surface area contributed by atoms with Crippen LogP contribution in [0.15, 0.2) is 24.3 Å². The number of ether oxygens (including phenoxy) is 2. The molecule has 0 aliphatic carbocycles. The monoisotopic (exact) mass is 319 g/mol. The summed E-state index contributed by atoms with van der Waals surface area (Å²) in [7, 11) is 1.36. The topological polar surface area (TPSA) is 55.8 Å². The SMILES string of the molecule is COC(=O)c1ccc([C@H]2CC[C@@H](C)N2C(=O)OC(C)(C)C)cc1. The Morgan fingerprint density at radius 2 is 1.74 bits per heavy atom. The first-order chi connectivity index (χ1) is 10.7. The number of methoxy groups -OCH3 is 1. The summed E-state index contributed by atoms with van der Waals surface area (Å²) < 4.78 is 10.2. The van der Waals surface area contributed by atoms with Crippen molar-refractivity contribution in [1.82, 2.24) is 4.90 Å². The summed E-state index contributed by atoms with van der Waals surface area (Å²) in [6.07, 6.45) is 1.53. The first-order valence-electron chi connectivity index (χ1n) is 7.92. The van der Waals surface area contributed by atoms with Crippen molar-refractivity contribution in [2.45, 2.75) is 58.2 Å². The highest BCUT2D eigenvalue weighted by molar-refractivity contribution is 5.89. The molecular formula is C18H25NO4. The molecule has 0 N–H and O–H groups in total. The molecule has 0 unspecified atom stereocenters. The molecule has 2 rings (SSSR count). The average molecular weight is 319 g/mol. The van der Waals surface area contributed by atoms with Crippen LogP contribution < -0.4 is 0 Å². The van der Waals surface area contributed by atoms with Crippen molar-refractivity contribution in [3.8, 4) is 0 Å². The lowest BCUT2D eigenvalue weighted by Crippen LogP contribution is -2.40. The van der Waals surface area contributed by atoms with E-state index >= 15 is 0 Å². The van der Waals surface area contributed by atoms with Gasteiger partial charge in [0.15, 0.2) is 0 Å². The Kier molecular flexibility index (Phi) is 4.97. The Morgan fingerprint density at radius 1 is 1.13 bits per heavy atom. The molecule has 1 heterocycles. The highest BCUT2D eigenvalue weighted by atomic mass is 16.6. The van der Waals surface area contributed by atoms with Gasteiger partial charge in [0, 0.05) is 6.04 Å². The summed E-state index contributed by atoms with van der Waals surface area (Å²) >= 11 is 0. The number of rotatable bonds is 2. The van der Waals surface area contributed by atoms with Crippen LogP contribution in [0, 0.1) is 0 Å². The molecule has 0 radical (unpaired) electrons. The van der Waals surface area contributed by atoms with Gasteiger partial charge in [0.25, 0.3) is 0 Å². The molecule has 2 atom stereocenters. The highest BCUT2D eigenvalue weighted by Gasteiger charge is 2.37. The molecule has 1 amide bonds. The molecule has 1 aliphatic rings. The van der Waals surface area contributed by atoms with Gasteiger partial charge in [-0.05, 0) is 58.2 Å². The smallest absolute Gasteiger partial charge is 0.411 e. The van der Waals surface area contributed by atoms with Crippen molar-refractivity contribution < 1.29 is 19.1 Å². The summed E-state index contributed by atoms with van der Waals surface area (Å²) in [5, 5.41) is 0. The lowest BCUT2D eigenvalue weighted by atomic mass is 10.0. The summed E-state index contributed by atoms with van der Waals surface area (Å²) in [5.41, 5.74) is 0.998. The minimum absolute atomic E-state index is 0.0217. The van der Waals surface area contributed by atoms with E-state index in [2.05, 4.69) is 0 Å². The molecule has 1 aromatic rings. The second-order valence-electron chi connectivity index (χ2n) is 6.94. The number of carbonyl (C=O) groups excluding carboxylic acids is 2. The van der Waals surface area contributed by atoms with E-state index in [0.717, 1.165) is 18.4 Å². The highest BCUT2D eigenvalue weighted by Crippen LogP contribution is 2.37. The number of esters is 1. The lowest BCUT2D eigenvalue weighted by Gasteiger charge is -2.31. The van der Waals surface area contributed by atoms with Crippen molar-refractivity contribution in [3.05, 3.63) is 35.4 Å². The van der Waals surface area contributed by atoms with Crippen LogP contribution in [0.1, 0.15) is 62.5 Å². The number of hydrogen-bond acceptors (Lipinski definition) is 4. The molecule has 1 aliphatic heterocycles. The zero-order chi connectivity index (χ0) is 17.2. The Balaban J connectivity index is 2.20. The maximum atomic E-state index is 12.5. The molecule has 0 bridgehead atoms. The van der Waals surface area contributed by atoms with E-state index < -0.39 is 5.60 Å². The van der Waals surface area contributed by atoms with Crippen molar-refractivity contribution >= 4 is 12.1 Å². The lowest BCUT2D eigenvalue weighted by molar-refractivity contribution is 0.0158. The molecule has 0 aromatic heterocycles. The van der Waals surface area contributed by atoms with Crippen LogP contribution in [0.3, 0.4) is 0 Å². The van der Waals surface area contributed by atoms with E-state index in [1.165, 1.54) is 7.11 Å². The fourth-order valence-electron chi connectivity index (χ4n) is 2.89. The Hall–Kier alpha value is -2.04. The van der Waals surface area contributed by atoms with Gasteiger partial charge < -0.3 is 9.47 Å². The predicted molar refractivity (Wildman–Crippen MR) is 87.3 cm³/mol. The molecule has 0 saturated carbocycles. The maximum Gasteiger partial charge on any atom is 0.411 e. The third-order valence-corrected chi connectivity index (χ3v) is 3.99. The minimum Gasteiger partial charge on any atom is -0.465 e. The van der Waals surface area contributed by atoms with Crippen molar-refractivity contribution in [2.24, 2.45) is 0 Å². The molecular weight excluding hydrogens is 294 g/mol. The van der Waals surface area contributed by atoms with Crippen molar-refractivity contribution in [2.75, 3.05) is 7.11 Å². The number of nitrogens with zero attached hydrogens (tertiary/aromatic N) is 1. The molecule has 5 nitrogen and oxygen atoms in total. The van der Waals surface area contributed by atoms with Gasteiger partial charge in [0.1, 0.15) is 5.60 Å². The third kappa shape index (κ3) is 4.03. The van der Waals surface area contributed by atoms with Crippen LogP contribution in [-0.2, 0) is 9.47 Å². The summed E-state index contributed by atoms with van der Waals surface area (Å²) in [6, 6.07) is 7.34. The van der Waals surface area contributed by atoms with E-state index in [1.807, 2.05) is 39.8 Å². The summed E-state index contributed by atoms with van der Waals surface area (Å²) in [5.74, 6) is -0.361. The second-order valence-corrected chi connectivity index (χ2v) is 6.94. The first kappa shape index (κ1) is 17.3. The zero-order valence-corrected chi connectivity index (χ0v) is 14.5. The average Bonchev–Trinajstić information content (AvgIpc) is 2.86. The molecule has 0 spiro atoms. The maximum absolute atomic E-state index is 12.5. The number of carbonyl (C=O) groups is 2. The van der Waals surface area contributed by atoms with Crippen LogP contribution >= 0.6 is 0 Å². The van der Waals surface area contributed by atoms with E-state index in [4.69, 9.17) is 9.47 Å². The summed E-state index contributed by atoms with van der Waals surface area (Å²) in [6.45, 7) is 7.64. The second kappa shape index (κ2) is 6.60. The Morgan fingerprint density at radius 3 is 2.26 bits per heavy atom. The van der Waals surface area contributed by atoms with Crippen LogP contribution in [-0.4, -0.2) is 35.7 Å². The number of benzene rings is 1. The predicted octanol–water partition coefficient (Wildman–Crippen LogP) is 3.93. The quantitative estimate of drug-likeness (QED) is 0.775. The molecule has 23 heavy (non-hydrogen) atoms. The number of likely N-dealkylation sites (tertiary alicyclic amines) is 1. The Labute approximate surface area is 137 Å². The van der Waals surface area contributed by atoms with Gasteiger partial charge in [-0.15, -0.1) is 0 Å². The van der Waals surface area contributed by atoms with Crippen LogP contribution in [0.5, 0.6) is 0 Å². The molecule has 1 fully saturated rings. The van der Waals surface area contributed by atoms with Crippen molar-refractivity contribution in [3.63, 3.8) is 0 Å². The minimum atomic E-state index is -0.515. The number of hydrogen-bond donors (Lipinski definition) is 0. The van der Waals surface area contributed by atoms with E-state index in [-0.39, 0.29) is 24.1 Å². The number of amides is 1. The standard InChI is InChI=1S/C18H25NO4/c1-12-6-11-15(19(12)17(21)23-18(2,3)4)13-7-9-14(10-8-13)16(20)22-5/h7-10,12,15H,6,11H2,1-5H3/t12-,15-/m1/s1. The first-order valence-corrected chi connectivity index (χ1v) is 7.92. The van der Waals surface area contributed by atoms with Gasteiger partial charge in [-0.3, -0.25) is 4.90 Å². The third-order valence-electron chi connectivity index (χ3n) is 3.99. The van der Waals surface area contributed by atoms with E-state index in [1.54, 1.807) is 17.0 Å². The molecule has 1 saturated heterocycles.